The molecule has 0 N–H and O–H groups in total. The lowest BCUT2D eigenvalue weighted by Gasteiger charge is -2.31. The van der Waals surface area contributed by atoms with Crippen LogP contribution in [-0.2, 0) is 20.7 Å². The number of aryl methyl sites for hydroxylation is 2. The number of carbonyl (C=O) groups is 2. The zero-order valence-electron chi connectivity index (χ0n) is 12.8. The van der Waals surface area contributed by atoms with Crippen LogP contribution in [0.2, 0.25) is 0 Å². The molecule has 4 heteroatoms. The molecule has 0 spiro atoms. The Hall–Kier alpha value is -1.84. The van der Waals surface area contributed by atoms with E-state index in [4.69, 9.17) is 4.74 Å². The van der Waals surface area contributed by atoms with Gasteiger partial charge >= 0.3 is 5.97 Å². The van der Waals surface area contributed by atoms with Crippen LogP contribution in [-0.4, -0.2) is 37.0 Å². The van der Waals surface area contributed by atoms with Crippen molar-refractivity contribution >= 4 is 11.9 Å². The Bertz CT molecular complexity index is 495. The highest BCUT2D eigenvalue weighted by Gasteiger charge is 2.28. The van der Waals surface area contributed by atoms with Gasteiger partial charge in [-0.15, -0.1) is 0 Å². The minimum Gasteiger partial charge on any atom is -0.469 e. The molecule has 1 saturated heterocycles. The molecule has 114 valence electrons. The SMILES string of the molecule is COC(=O)C1CCCN(C(=O)CCc2ccc(C)cc2)C1. The molecule has 0 aliphatic carbocycles. The summed E-state index contributed by atoms with van der Waals surface area (Å²) in [5.41, 5.74) is 2.40. The average Bonchev–Trinajstić information content (AvgIpc) is 2.53. The first-order chi connectivity index (χ1) is 10.1. The average molecular weight is 289 g/mol. The van der Waals surface area contributed by atoms with Gasteiger partial charge in [0.2, 0.25) is 5.91 Å². The molecule has 1 atom stereocenters. The lowest BCUT2D eigenvalue weighted by Crippen LogP contribution is -2.42. The van der Waals surface area contributed by atoms with Crippen molar-refractivity contribution in [2.24, 2.45) is 5.92 Å². The Kier molecular flexibility index (Phi) is 5.37. The molecule has 2 rings (SSSR count). The minimum atomic E-state index is -0.203. The number of rotatable bonds is 4. The summed E-state index contributed by atoms with van der Waals surface area (Å²) in [6.45, 7) is 3.30. The number of amides is 1. The van der Waals surface area contributed by atoms with E-state index in [1.54, 1.807) is 4.90 Å². The van der Waals surface area contributed by atoms with E-state index in [0.717, 1.165) is 25.8 Å². The minimum absolute atomic E-state index is 0.129. The lowest BCUT2D eigenvalue weighted by atomic mass is 9.97. The topological polar surface area (TPSA) is 46.6 Å². The first-order valence-electron chi connectivity index (χ1n) is 7.51. The maximum absolute atomic E-state index is 12.3. The number of hydrogen-bond donors (Lipinski definition) is 0. The third-order valence-corrected chi connectivity index (χ3v) is 4.06. The van der Waals surface area contributed by atoms with Crippen LogP contribution in [0.5, 0.6) is 0 Å². The summed E-state index contributed by atoms with van der Waals surface area (Å²) in [4.78, 5) is 25.7. The molecule has 4 nitrogen and oxygen atoms in total. The van der Waals surface area contributed by atoms with Crippen molar-refractivity contribution in [3.63, 3.8) is 0 Å². The predicted molar refractivity (Wildman–Crippen MR) is 80.8 cm³/mol. The van der Waals surface area contributed by atoms with E-state index in [-0.39, 0.29) is 17.8 Å². The van der Waals surface area contributed by atoms with Gasteiger partial charge in [0.15, 0.2) is 0 Å². The monoisotopic (exact) mass is 289 g/mol. The Balaban J connectivity index is 1.85. The molecule has 21 heavy (non-hydrogen) atoms. The molecule has 1 aliphatic heterocycles. The highest BCUT2D eigenvalue weighted by Crippen LogP contribution is 2.19. The van der Waals surface area contributed by atoms with Gasteiger partial charge in [0.25, 0.3) is 0 Å². The fraction of sp³-hybridized carbons (Fsp3) is 0.529. The van der Waals surface area contributed by atoms with Crippen molar-refractivity contribution in [3.8, 4) is 0 Å². The Morgan fingerprint density at radius 3 is 2.67 bits per heavy atom. The highest BCUT2D eigenvalue weighted by molar-refractivity contribution is 5.78. The number of methoxy groups -OCH3 is 1. The second-order valence-corrected chi connectivity index (χ2v) is 5.69. The zero-order valence-corrected chi connectivity index (χ0v) is 12.8. The van der Waals surface area contributed by atoms with E-state index in [1.807, 2.05) is 0 Å². The first kappa shape index (κ1) is 15.5. The fourth-order valence-electron chi connectivity index (χ4n) is 2.73. The molecule has 1 aliphatic rings. The van der Waals surface area contributed by atoms with E-state index in [1.165, 1.54) is 18.2 Å². The first-order valence-corrected chi connectivity index (χ1v) is 7.51. The zero-order chi connectivity index (χ0) is 15.2. The number of esters is 1. The van der Waals surface area contributed by atoms with E-state index >= 15 is 0 Å². The summed E-state index contributed by atoms with van der Waals surface area (Å²) >= 11 is 0. The third kappa shape index (κ3) is 4.31. The van der Waals surface area contributed by atoms with E-state index < -0.39 is 0 Å². The smallest absolute Gasteiger partial charge is 0.310 e. The maximum Gasteiger partial charge on any atom is 0.310 e. The van der Waals surface area contributed by atoms with Crippen LogP contribution in [0.15, 0.2) is 24.3 Å². The summed E-state index contributed by atoms with van der Waals surface area (Å²) in [6, 6.07) is 8.26. The van der Waals surface area contributed by atoms with Crippen molar-refractivity contribution in [2.45, 2.75) is 32.6 Å². The summed E-state index contributed by atoms with van der Waals surface area (Å²) < 4.78 is 4.78. The predicted octanol–water partition coefficient (Wildman–Crippen LogP) is 2.34. The van der Waals surface area contributed by atoms with Crippen LogP contribution in [0.3, 0.4) is 0 Å². The summed E-state index contributed by atoms with van der Waals surface area (Å²) in [5.74, 6) is -0.234. The van der Waals surface area contributed by atoms with Crippen LogP contribution in [0.4, 0.5) is 0 Å². The quantitative estimate of drug-likeness (QED) is 0.799. The van der Waals surface area contributed by atoms with Gasteiger partial charge in [-0.25, -0.2) is 0 Å². The fourth-order valence-corrected chi connectivity index (χ4v) is 2.73. The number of carbonyl (C=O) groups excluding carboxylic acids is 2. The molecule has 0 radical (unpaired) electrons. The number of hydrogen-bond acceptors (Lipinski definition) is 3. The number of nitrogens with zero attached hydrogens (tertiary/aromatic N) is 1. The standard InChI is InChI=1S/C17H23NO3/c1-13-5-7-14(8-6-13)9-10-16(19)18-11-3-4-15(12-18)17(20)21-2/h5-8,15H,3-4,9-12H2,1-2H3. The van der Waals surface area contributed by atoms with Crippen molar-refractivity contribution < 1.29 is 14.3 Å². The largest absolute Gasteiger partial charge is 0.469 e. The second-order valence-electron chi connectivity index (χ2n) is 5.69. The van der Waals surface area contributed by atoms with Crippen LogP contribution >= 0.6 is 0 Å². The molecule has 0 saturated carbocycles. The lowest BCUT2D eigenvalue weighted by molar-refractivity contribution is -0.149. The van der Waals surface area contributed by atoms with E-state index in [9.17, 15) is 9.59 Å². The molecule has 0 bridgehead atoms. The third-order valence-electron chi connectivity index (χ3n) is 4.06. The molecule has 1 aromatic carbocycles. The Morgan fingerprint density at radius 2 is 2.00 bits per heavy atom. The van der Waals surface area contributed by atoms with E-state index in [0.29, 0.717) is 13.0 Å². The van der Waals surface area contributed by atoms with Crippen LogP contribution in [0, 0.1) is 12.8 Å². The summed E-state index contributed by atoms with van der Waals surface area (Å²) in [5, 5.41) is 0. The van der Waals surface area contributed by atoms with E-state index in [2.05, 4.69) is 31.2 Å². The van der Waals surface area contributed by atoms with Crippen molar-refractivity contribution in [1.82, 2.24) is 4.90 Å². The molecular weight excluding hydrogens is 266 g/mol. The molecule has 0 aromatic heterocycles. The van der Waals surface area contributed by atoms with Gasteiger partial charge in [-0.3, -0.25) is 9.59 Å². The van der Waals surface area contributed by atoms with Crippen LogP contribution in [0.25, 0.3) is 0 Å². The summed E-state index contributed by atoms with van der Waals surface area (Å²) in [7, 11) is 1.40. The number of piperidine rings is 1. The molecule has 1 heterocycles. The van der Waals surface area contributed by atoms with Crippen LogP contribution in [0.1, 0.15) is 30.4 Å². The second kappa shape index (κ2) is 7.25. The molecule has 1 aromatic rings. The van der Waals surface area contributed by atoms with Gasteiger partial charge in [0, 0.05) is 19.5 Å². The van der Waals surface area contributed by atoms with Crippen molar-refractivity contribution in [1.29, 1.82) is 0 Å². The van der Waals surface area contributed by atoms with Crippen molar-refractivity contribution in [3.05, 3.63) is 35.4 Å². The maximum atomic E-state index is 12.3. The number of likely N-dealkylation sites (tertiary alicyclic amines) is 1. The van der Waals surface area contributed by atoms with Crippen molar-refractivity contribution in [2.75, 3.05) is 20.2 Å². The highest BCUT2D eigenvalue weighted by atomic mass is 16.5. The molecule has 1 amide bonds. The van der Waals surface area contributed by atoms with Gasteiger partial charge in [-0.1, -0.05) is 29.8 Å². The van der Waals surface area contributed by atoms with Gasteiger partial charge in [-0.2, -0.15) is 0 Å². The van der Waals surface area contributed by atoms with Gasteiger partial charge in [-0.05, 0) is 31.7 Å². The molecular formula is C17H23NO3. The Labute approximate surface area is 126 Å². The normalized spacial score (nSPS) is 18.4. The van der Waals surface area contributed by atoms with Gasteiger partial charge < -0.3 is 9.64 Å². The van der Waals surface area contributed by atoms with Gasteiger partial charge in [0.05, 0.1) is 13.0 Å². The number of ether oxygens (including phenoxy) is 1. The molecule has 1 unspecified atom stereocenters. The van der Waals surface area contributed by atoms with Gasteiger partial charge in [0.1, 0.15) is 0 Å². The number of benzene rings is 1. The molecule has 1 fully saturated rings. The Morgan fingerprint density at radius 1 is 1.29 bits per heavy atom. The van der Waals surface area contributed by atoms with Crippen LogP contribution < -0.4 is 0 Å². The summed E-state index contributed by atoms with van der Waals surface area (Å²) in [6.07, 6.45) is 2.93.